The van der Waals surface area contributed by atoms with Crippen LogP contribution in [0.2, 0.25) is 0 Å². The first-order valence-electron chi connectivity index (χ1n) is 7.17. The van der Waals surface area contributed by atoms with Gasteiger partial charge in [0.15, 0.2) is 0 Å². The molecule has 0 amide bonds. The molecular weight excluding hydrogens is 226 g/mol. The van der Waals surface area contributed by atoms with Gasteiger partial charge >= 0.3 is 0 Å². The van der Waals surface area contributed by atoms with Crippen LogP contribution in [0.1, 0.15) is 34.1 Å². The van der Waals surface area contributed by atoms with Crippen molar-refractivity contribution in [2.45, 2.75) is 51.8 Å². The fraction of sp³-hybridized carbons (Fsp3) is 1.00. The Bertz CT molecular complexity index is 240. The molecule has 0 spiro atoms. The summed E-state index contributed by atoms with van der Waals surface area (Å²) in [6.45, 7) is 13.3. The third-order valence-electron chi connectivity index (χ3n) is 3.67. The molecule has 2 atom stereocenters. The van der Waals surface area contributed by atoms with E-state index in [1.165, 1.54) is 6.42 Å². The molecule has 108 valence electrons. The highest BCUT2D eigenvalue weighted by atomic mass is 16.3. The molecule has 4 heteroatoms. The lowest BCUT2D eigenvalue weighted by Crippen LogP contribution is -2.54. The molecule has 18 heavy (non-hydrogen) atoms. The molecule has 1 fully saturated rings. The largest absolute Gasteiger partial charge is 0.390 e. The molecule has 2 N–H and O–H groups in total. The lowest BCUT2D eigenvalue weighted by Gasteiger charge is -2.40. The summed E-state index contributed by atoms with van der Waals surface area (Å²) in [6, 6.07) is 0.640. The van der Waals surface area contributed by atoms with E-state index in [0.717, 1.165) is 26.2 Å². The predicted molar refractivity (Wildman–Crippen MR) is 76.9 cm³/mol. The van der Waals surface area contributed by atoms with E-state index in [9.17, 15) is 5.11 Å². The molecular formula is C14H31N3O. The maximum Gasteiger partial charge on any atom is 0.0791 e. The van der Waals surface area contributed by atoms with Crippen LogP contribution in [0.4, 0.5) is 0 Å². The zero-order valence-electron chi connectivity index (χ0n) is 12.7. The molecule has 1 rings (SSSR count). The van der Waals surface area contributed by atoms with Gasteiger partial charge in [0, 0.05) is 44.3 Å². The normalized spacial score (nSPS) is 25.3. The van der Waals surface area contributed by atoms with Gasteiger partial charge in [0.1, 0.15) is 0 Å². The predicted octanol–water partition coefficient (Wildman–Crippen LogP) is 0.761. The van der Waals surface area contributed by atoms with Gasteiger partial charge in [0.05, 0.1) is 6.10 Å². The molecule has 0 bridgehead atoms. The zero-order chi connectivity index (χ0) is 13.8. The van der Waals surface area contributed by atoms with Crippen LogP contribution in [0.25, 0.3) is 0 Å². The Hall–Kier alpha value is -0.160. The second-order valence-electron chi connectivity index (χ2n) is 6.59. The highest BCUT2D eigenvalue weighted by Gasteiger charge is 2.24. The lowest BCUT2D eigenvalue weighted by molar-refractivity contribution is 0.0485. The maximum atomic E-state index is 10.1. The van der Waals surface area contributed by atoms with Crippen molar-refractivity contribution in [3.8, 4) is 0 Å². The first kappa shape index (κ1) is 15.9. The average molecular weight is 257 g/mol. The van der Waals surface area contributed by atoms with Crippen LogP contribution in [0.5, 0.6) is 0 Å². The van der Waals surface area contributed by atoms with Crippen LogP contribution >= 0.6 is 0 Å². The molecule has 0 aliphatic carbocycles. The van der Waals surface area contributed by atoms with Crippen LogP contribution in [0.3, 0.4) is 0 Å². The number of hydrogen-bond acceptors (Lipinski definition) is 4. The Balaban J connectivity index is 2.29. The van der Waals surface area contributed by atoms with E-state index >= 15 is 0 Å². The van der Waals surface area contributed by atoms with Crippen LogP contribution in [-0.4, -0.2) is 72.4 Å². The molecule has 4 nitrogen and oxygen atoms in total. The fourth-order valence-corrected chi connectivity index (χ4v) is 2.40. The van der Waals surface area contributed by atoms with Crippen molar-refractivity contribution >= 4 is 0 Å². The second kappa shape index (κ2) is 6.85. The van der Waals surface area contributed by atoms with Crippen LogP contribution < -0.4 is 5.32 Å². The highest BCUT2D eigenvalue weighted by molar-refractivity contribution is 4.81. The van der Waals surface area contributed by atoms with Crippen molar-refractivity contribution in [3.63, 3.8) is 0 Å². The zero-order valence-corrected chi connectivity index (χ0v) is 12.7. The van der Waals surface area contributed by atoms with Gasteiger partial charge in [0.25, 0.3) is 0 Å². The Morgan fingerprint density at radius 1 is 1.33 bits per heavy atom. The molecule has 2 unspecified atom stereocenters. The Morgan fingerprint density at radius 3 is 2.56 bits per heavy atom. The quantitative estimate of drug-likeness (QED) is 0.763. The fourth-order valence-electron chi connectivity index (χ4n) is 2.40. The van der Waals surface area contributed by atoms with Crippen molar-refractivity contribution < 1.29 is 5.11 Å². The molecule has 1 saturated heterocycles. The Labute approximate surface area is 112 Å². The number of nitrogens with zero attached hydrogens (tertiary/aromatic N) is 2. The van der Waals surface area contributed by atoms with Gasteiger partial charge in [0.2, 0.25) is 0 Å². The third kappa shape index (κ3) is 5.65. The molecule has 1 aliphatic rings. The summed E-state index contributed by atoms with van der Waals surface area (Å²) in [6.07, 6.45) is 0.911. The van der Waals surface area contributed by atoms with Crippen molar-refractivity contribution in [3.05, 3.63) is 0 Å². The summed E-state index contributed by atoms with van der Waals surface area (Å²) in [5.74, 6) is 0. The van der Waals surface area contributed by atoms with Gasteiger partial charge in [-0.2, -0.15) is 0 Å². The van der Waals surface area contributed by atoms with Gasteiger partial charge in [-0.25, -0.2) is 0 Å². The average Bonchev–Trinajstić information content (AvgIpc) is 2.28. The Kier molecular flexibility index (Phi) is 6.05. The Morgan fingerprint density at radius 2 is 2.00 bits per heavy atom. The number of hydrogen-bond donors (Lipinski definition) is 2. The number of likely N-dealkylation sites (N-methyl/N-ethyl adjacent to an activating group) is 1. The monoisotopic (exact) mass is 257 g/mol. The van der Waals surface area contributed by atoms with E-state index in [1.54, 1.807) is 0 Å². The topological polar surface area (TPSA) is 38.7 Å². The van der Waals surface area contributed by atoms with E-state index in [0.29, 0.717) is 12.6 Å². The summed E-state index contributed by atoms with van der Waals surface area (Å²) >= 11 is 0. The number of piperazine rings is 1. The van der Waals surface area contributed by atoms with Gasteiger partial charge in [-0.15, -0.1) is 0 Å². The third-order valence-corrected chi connectivity index (χ3v) is 3.67. The standard InChI is InChI=1S/C14H31N3O/c1-6-12-10-17(8-7-16(12)5)11-13(18)9-15-14(2,3)4/h12-13,15,18H,6-11H2,1-5H3. The minimum atomic E-state index is -0.273. The van der Waals surface area contributed by atoms with Crippen molar-refractivity contribution in [1.82, 2.24) is 15.1 Å². The number of β-amino-alcohol motifs (C(OH)–C–C–N with tert-alkyl or cyclic N) is 1. The first-order chi connectivity index (χ1) is 8.31. The van der Waals surface area contributed by atoms with E-state index < -0.39 is 0 Å². The minimum absolute atomic E-state index is 0.0784. The molecule has 0 aromatic rings. The van der Waals surface area contributed by atoms with Crippen LogP contribution in [0, 0.1) is 0 Å². The summed E-state index contributed by atoms with van der Waals surface area (Å²) in [4.78, 5) is 4.82. The molecule has 0 aromatic carbocycles. The SMILES string of the molecule is CCC1CN(CC(O)CNC(C)(C)C)CCN1C. The summed E-state index contributed by atoms with van der Waals surface area (Å²) in [5, 5.41) is 13.4. The second-order valence-corrected chi connectivity index (χ2v) is 6.59. The van der Waals surface area contributed by atoms with Crippen LogP contribution in [-0.2, 0) is 0 Å². The van der Waals surface area contributed by atoms with Gasteiger partial charge in [-0.3, -0.25) is 4.90 Å². The van der Waals surface area contributed by atoms with E-state index in [1.807, 2.05) is 0 Å². The number of nitrogens with one attached hydrogen (secondary N) is 1. The summed E-state index contributed by atoms with van der Waals surface area (Å²) in [7, 11) is 2.20. The number of aliphatic hydroxyl groups excluding tert-OH is 1. The van der Waals surface area contributed by atoms with E-state index in [-0.39, 0.29) is 11.6 Å². The molecule has 1 aliphatic heterocycles. The van der Waals surface area contributed by atoms with Crippen molar-refractivity contribution in [2.75, 3.05) is 39.8 Å². The molecule has 1 heterocycles. The summed E-state index contributed by atoms with van der Waals surface area (Å²) < 4.78 is 0. The smallest absolute Gasteiger partial charge is 0.0791 e. The minimum Gasteiger partial charge on any atom is -0.390 e. The van der Waals surface area contributed by atoms with Gasteiger partial charge in [-0.05, 0) is 34.2 Å². The van der Waals surface area contributed by atoms with Crippen LogP contribution in [0.15, 0.2) is 0 Å². The van der Waals surface area contributed by atoms with Crippen molar-refractivity contribution in [1.29, 1.82) is 0 Å². The summed E-state index contributed by atoms with van der Waals surface area (Å²) in [5.41, 5.74) is 0.0784. The lowest BCUT2D eigenvalue weighted by atomic mass is 10.1. The van der Waals surface area contributed by atoms with Gasteiger partial charge < -0.3 is 15.3 Å². The van der Waals surface area contributed by atoms with E-state index in [4.69, 9.17) is 0 Å². The number of rotatable bonds is 5. The number of aliphatic hydroxyl groups is 1. The van der Waals surface area contributed by atoms with Crippen molar-refractivity contribution in [2.24, 2.45) is 0 Å². The molecule has 0 aromatic heterocycles. The van der Waals surface area contributed by atoms with E-state index in [2.05, 4.69) is 49.9 Å². The molecule has 0 saturated carbocycles. The first-order valence-corrected chi connectivity index (χ1v) is 7.17. The maximum absolute atomic E-state index is 10.1. The van der Waals surface area contributed by atoms with Gasteiger partial charge in [-0.1, -0.05) is 6.92 Å². The molecule has 0 radical (unpaired) electrons. The highest BCUT2D eigenvalue weighted by Crippen LogP contribution is 2.11.